The number of benzene rings is 2. The summed E-state index contributed by atoms with van der Waals surface area (Å²) in [7, 11) is 3.05. The van der Waals surface area contributed by atoms with E-state index in [0.29, 0.717) is 12.0 Å². The molecule has 0 radical (unpaired) electrons. The maximum Gasteiger partial charge on any atom is 0.337 e. The highest BCUT2D eigenvalue weighted by Gasteiger charge is 2.47. The first kappa shape index (κ1) is 19.5. The minimum atomic E-state index is -0.328. The van der Waals surface area contributed by atoms with Crippen molar-refractivity contribution in [1.82, 2.24) is 4.90 Å². The van der Waals surface area contributed by atoms with Gasteiger partial charge in [0.25, 0.3) is 0 Å². The van der Waals surface area contributed by atoms with Gasteiger partial charge in [0.2, 0.25) is 5.91 Å². The van der Waals surface area contributed by atoms with E-state index in [2.05, 4.69) is 12.1 Å². The lowest BCUT2D eigenvalue weighted by atomic mass is 9.70. The molecule has 4 rings (SSSR count). The van der Waals surface area contributed by atoms with E-state index in [0.717, 1.165) is 50.1 Å². The zero-order valence-corrected chi connectivity index (χ0v) is 17.1. The van der Waals surface area contributed by atoms with Crippen molar-refractivity contribution < 1.29 is 19.1 Å². The molecule has 2 aromatic carbocycles. The van der Waals surface area contributed by atoms with Crippen molar-refractivity contribution in [3.05, 3.63) is 64.7 Å². The molecule has 1 aliphatic heterocycles. The van der Waals surface area contributed by atoms with Crippen molar-refractivity contribution in [2.75, 3.05) is 27.3 Å². The van der Waals surface area contributed by atoms with Gasteiger partial charge >= 0.3 is 5.97 Å². The molecule has 0 N–H and O–H groups in total. The van der Waals surface area contributed by atoms with Gasteiger partial charge in [-0.2, -0.15) is 0 Å². The molecular weight excluding hydrogens is 366 g/mol. The van der Waals surface area contributed by atoms with Gasteiger partial charge < -0.3 is 14.4 Å². The molecule has 1 atom stereocenters. The SMILES string of the molecule is COC(=O)c1ccc2c(c1)CC1(CC2)CCN(CCc2ccc(OC)cc2)C1=O. The number of hydrogen-bond donors (Lipinski definition) is 0. The van der Waals surface area contributed by atoms with E-state index in [1.165, 1.54) is 18.2 Å². The minimum Gasteiger partial charge on any atom is -0.497 e. The van der Waals surface area contributed by atoms with Crippen LogP contribution in [0.5, 0.6) is 5.75 Å². The van der Waals surface area contributed by atoms with Crippen molar-refractivity contribution in [1.29, 1.82) is 0 Å². The molecule has 2 aromatic rings. The molecule has 1 aliphatic carbocycles. The van der Waals surface area contributed by atoms with Gasteiger partial charge in [0, 0.05) is 13.1 Å². The molecule has 29 heavy (non-hydrogen) atoms. The van der Waals surface area contributed by atoms with Crippen LogP contribution in [-0.2, 0) is 28.8 Å². The number of nitrogens with zero attached hydrogens (tertiary/aromatic N) is 1. The minimum absolute atomic E-state index is 0.264. The molecule has 0 bridgehead atoms. The number of carbonyl (C=O) groups is 2. The van der Waals surface area contributed by atoms with Crippen molar-refractivity contribution >= 4 is 11.9 Å². The lowest BCUT2D eigenvalue weighted by Crippen LogP contribution is -2.39. The Labute approximate surface area is 171 Å². The van der Waals surface area contributed by atoms with Crippen molar-refractivity contribution in [3.63, 3.8) is 0 Å². The number of esters is 1. The summed E-state index contributed by atoms with van der Waals surface area (Å²) in [6.07, 6.45) is 4.21. The molecule has 1 unspecified atom stereocenters. The third kappa shape index (κ3) is 3.74. The highest BCUT2D eigenvalue weighted by atomic mass is 16.5. The first-order chi connectivity index (χ1) is 14.0. The average molecular weight is 393 g/mol. The normalized spacial score (nSPS) is 20.6. The van der Waals surface area contributed by atoms with Crippen LogP contribution in [-0.4, -0.2) is 44.1 Å². The van der Waals surface area contributed by atoms with Crippen LogP contribution in [0.3, 0.4) is 0 Å². The van der Waals surface area contributed by atoms with Crippen LogP contribution in [0.25, 0.3) is 0 Å². The van der Waals surface area contributed by atoms with Crippen LogP contribution < -0.4 is 4.74 Å². The van der Waals surface area contributed by atoms with Gasteiger partial charge in [-0.1, -0.05) is 18.2 Å². The molecule has 5 heteroatoms. The Hall–Kier alpha value is -2.82. The Morgan fingerprint density at radius 3 is 2.59 bits per heavy atom. The number of likely N-dealkylation sites (tertiary alicyclic amines) is 1. The molecule has 0 saturated carbocycles. The van der Waals surface area contributed by atoms with E-state index in [-0.39, 0.29) is 17.3 Å². The van der Waals surface area contributed by atoms with Gasteiger partial charge in [0.05, 0.1) is 25.2 Å². The van der Waals surface area contributed by atoms with Crippen LogP contribution >= 0.6 is 0 Å². The predicted molar refractivity (Wildman–Crippen MR) is 110 cm³/mol. The molecule has 1 heterocycles. The lowest BCUT2D eigenvalue weighted by Gasteiger charge is -2.33. The number of hydrogen-bond acceptors (Lipinski definition) is 4. The number of rotatable bonds is 5. The first-order valence-electron chi connectivity index (χ1n) is 10.2. The van der Waals surface area contributed by atoms with E-state index >= 15 is 0 Å². The van der Waals surface area contributed by atoms with Crippen molar-refractivity contribution in [3.8, 4) is 5.75 Å². The van der Waals surface area contributed by atoms with Gasteiger partial charge in [0.1, 0.15) is 5.75 Å². The third-order valence-corrected chi connectivity index (χ3v) is 6.46. The van der Waals surface area contributed by atoms with E-state index < -0.39 is 0 Å². The Morgan fingerprint density at radius 2 is 1.86 bits per heavy atom. The average Bonchev–Trinajstić information content (AvgIpc) is 3.06. The van der Waals surface area contributed by atoms with E-state index in [4.69, 9.17) is 9.47 Å². The molecule has 0 aromatic heterocycles. The maximum absolute atomic E-state index is 13.3. The van der Waals surface area contributed by atoms with E-state index in [9.17, 15) is 9.59 Å². The summed E-state index contributed by atoms with van der Waals surface area (Å²) < 4.78 is 10.1. The second-order valence-electron chi connectivity index (χ2n) is 8.07. The molecule has 1 spiro atoms. The van der Waals surface area contributed by atoms with Crippen LogP contribution in [0.1, 0.15) is 39.9 Å². The lowest BCUT2D eigenvalue weighted by molar-refractivity contribution is -0.136. The molecule has 152 valence electrons. The molecule has 1 amide bonds. The maximum atomic E-state index is 13.3. The summed E-state index contributed by atoms with van der Waals surface area (Å²) in [6.45, 7) is 1.54. The Bertz CT molecular complexity index is 921. The number of aryl methyl sites for hydroxylation is 1. The smallest absolute Gasteiger partial charge is 0.337 e. The number of fused-ring (bicyclic) bond motifs is 1. The van der Waals surface area contributed by atoms with Crippen LogP contribution in [0.4, 0.5) is 0 Å². The Balaban J connectivity index is 1.44. The van der Waals surface area contributed by atoms with Crippen molar-refractivity contribution in [2.45, 2.75) is 32.1 Å². The standard InChI is InChI=1S/C24H27NO4/c1-28-21-7-3-17(4-8-21)10-13-25-14-12-24(23(25)27)11-9-18-5-6-19(22(26)29-2)15-20(18)16-24/h3-8,15H,9-14,16H2,1-2H3. The molecule has 1 fully saturated rings. The molecule has 2 aliphatic rings. The Morgan fingerprint density at radius 1 is 1.07 bits per heavy atom. The highest BCUT2D eigenvalue weighted by Crippen LogP contribution is 2.44. The fraction of sp³-hybridized carbons (Fsp3) is 0.417. The molecule has 5 nitrogen and oxygen atoms in total. The second-order valence-corrected chi connectivity index (χ2v) is 8.07. The second kappa shape index (κ2) is 7.90. The number of methoxy groups -OCH3 is 2. The number of amides is 1. The van der Waals surface area contributed by atoms with Gasteiger partial charge in [-0.3, -0.25) is 4.79 Å². The molecule has 1 saturated heterocycles. The topological polar surface area (TPSA) is 55.8 Å². The summed E-state index contributed by atoms with van der Waals surface area (Å²) in [5, 5.41) is 0. The summed E-state index contributed by atoms with van der Waals surface area (Å²) in [4.78, 5) is 27.2. The van der Waals surface area contributed by atoms with Gasteiger partial charge in [-0.05, 0) is 73.1 Å². The Kier molecular flexibility index (Phi) is 5.31. The summed E-state index contributed by atoms with van der Waals surface area (Å²) >= 11 is 0. The van der Waals surface area contributed by atoms with E-state index in [1.807, 2.05) is 35.2 Å². The predicted octanol–water partition coefficient (Wildman–Crippen LogP) is 3.43. The zero-order chi connectivity index (χ0) is 20.4. The van der Waals surface area contributed by atoms with Crippen LogP contribution in [0.15, 0.2) is 42.5 Å². The summed E-state index contributed by atoms with van der Waals surface area (Å²) in [6, 6.07) is 13.8. The van der Waals surface area contributed by atoms with Gasteiger partial charge in [0.15, 0.2) is 0 Å². The quantitative estimate of drug-likeness (QED) is 0.731. The summed E-state index contributed by atoms with van der Waals surface area (Å²) in [5.74, 6) is 0.781. The van der Waals surface area contributed by atoms with Crippen LogP contribution in [0, 0.1) is 5.41 Å². The monoisotopic (exact) mass is 393 g/mol. The third-order valence-electron chi connectivity index (χ3n) is 6.46. The van der Waals surface area contributed by atoms with Crippen LogP contribution in [0.2, 0.25) is 0 Å². The number of carbonyl (C=O) groups excluding carboxylic acids is 2. The largest absolute Gasteiger partial charge is 0.497 e. The van der Waals surface area contributed by atoms with E-state index in [1.54, 1.807) is 7.11 Å². The fourth-order valence-corrected chi connectivity index (χ4v) is 4.66. The zero-order valence-electron chi connectivity index (χ0n) is 17.1. The highest BCUT2D eigenvalue weighted by molar-refractivity contribution is 5.90. The van der Waals surface area contributed by atoms with Crippen molar-refractivity contribution in [2.24, 2.45) is 5.41 Å². The summed E-state index contributed by atoms with van der Waals surface area (Å²) in [5.41, 5.74) is 3.81. The van der Waals surface area contributed by atoms with Gasteiger partial charge in [-0.15, -0.1) is 0 Å². The fourth-order valence-electron chi connectivity index (χ4n) is 4.66. The number of ether oxygens (including phenoxy) is 2. The molecular formula is C24H27NO4. The first-order valence-corrected chi connectivity index (χ1v) is 10.2. The van der Waals surface area contributed by atoms with Gasteiger partial charge in [-0.25, -0.2) is 4.79 Å².